The molecule has 2 aromatic rings. The number of hydrogen-bond acceptors (Lipinski definition) is 5. The first kappa shape index (κ1) is 19.2. The number of benzene rings is 2. The van der Waals surface area contributed by atoms with Crippen molar-refractivity contribution in [1.82, 2.24) is 10.6 Å². The number of fused-ring (bicyclic) bond motifs is 1. The Balaban J connectivity index is 1.59. The zero-order valence-electron chi connectivity index (χ0n) is 15.4. The Hall–Kier alpha value is -3.55. The molecular formula is C20H21N3O5. The van der Waals surface area contributed by atoms with Crippen LogP contribution < -0.4 is 25.0 Å². The Morgan fingerprint density at radius 2 is 1.82 bits per heavy atom. The summed E-state index contributed by atoms with van der Waals surface area (Å²) in [5.74, 6) is -0.0825. The van der Waals surface area contributed by atoms with Crippen molar-refractivity contribution in [3.63, 3.8) is 0 Å². The Labute approximate surface area is 162 Å². The fraction of sp³-hybridized carbons (Fsp3) is 0.250. The van der Waals surface area contributed by atoms with E-state index in [1.165, 1.54) is 11.9 Å². The van der Waals surface area contributed by atoms with Crippen molar-refractivity contribution < 1.29 is 23.9 Å². The number of para-hydroxylation sites is 3. The second-order valence-electron chi connectivity index (χ2n) is 6.07. The number of nitrogens with one attached hydrogen (secondary N) is 2. The van der Waals surface area contributed by atoms with E-state index in [2.05, 4.69) is 10.6 Å². The maximum Gasteiger partial charge on any atom is 0.262 e. The van der Waals surface area contributed by atoms with Gasteiger partial charge in [0.05, 0.1) is 18.8 Å². The summed E-state index contributed by atoms with van der Waals surface area (Å²) in [6.45, 7) is -0.352. The van der Waals surface area contributed by atoms with Crippen LogP contribution in [-0.4, -0.2) is 50.6 Å². The van der Waals surface area contributed by atoms with Crippen molar-refractivity contribution in [2.24, 2.45) is 0 Å². The summed E-state index contributed by atoms with van der Waals surface area (Å²) in [7, 11) is 1.51. The molecule has 0 saturated carbocycles. The Morgan fingerprint density at radius 3 is 2.57 bits per heavy atom. The predicted octanol–water partition coefficient (Wildman–Crippen LogP) is 0.722. The Morgan fingerprint density at radius 1 is 1.11 bits per heavy atom. The fourth-order valence-corrected chi connectivity index (χ4v) is 2.75. The SMILES string of the molecule is CNC(=O)[C@H]1CN(C(=O)CNC(=O)COc2ccccc2)c2ccccc2O1. The van der Waals surface area contributed by atoms with Gasteiger partial charge in [0.25, 0.3) is 11.8 Å². The number of likely N-dealkylation sites (N-methyl/N-ethyl adjacent to an activating group) is 1. The van der Waals surface area contributed by atoms with Crippen molar-refractivity contribution >= 4 is 23.4 Å². The molecule has 0 radical (unpaired) electrons. The van der Waals surface area contributed by atoms with Crippen LogP contribution in [0.25, 0.3) is 0 Å². The zero-order valence-corrected chi connectivity index (χ0v) is 15.4. The van der Waals surface area contributed by atoms with E-state index in [9.17, 15) is 14.4 Å². The van der Waals surface area contributed by atoms with Crippen LogP contribution in [0.15, 0.2) is 54.6 Å². The molecule has 2 aromatic carbocycles. The van der Waals surface area contributed by atoms with Gasteiger partial charge in [-0.25, -0.2) is 0 Å². The molecule has 1 atom stereocenters. The van der Waals surface area contributed by atoms with Crippen molar-refractivity contribution in [3.8, 4) is 11.5 Å². The highest BCUT2D eigenvalue weighted by atomic mass is 16.5. The molecule has 1 aliphatic rings. The number of carbonyl (C=O) groups excluding carboxylic acids is 3. The van der Waals surface area contributed by atoms with Crippen LogP contribution in [-0.2, 0) is 14.4 Å². The molecule has 0 aliphatic carbocycles. The molecule has 146 valence electrons. The number of amides is 3. The summed E-state index contributed by atoms with van der Waals surface area (Å²) < 4.78 is 11.0. The molecular weight excluding hydrogens is 362 g/mol. The molecule has 0 unspecified atom stereocenters. The van der Waals surface area contributed by atoms with Crippen LogP contribution in [0.1, 0.15) is 0 Å². The number of hydrogen-bond donors (Lipinski definition) is 2. The van der Waals surface area contributed by atoms with Crippen molar-refractivity contribution in [2.75, 3.05) is 31.6 Å². The minimum Gasteiger partial charge on any atom is -0.484 e. The van der Waals surface area contributed by atoms with Gasteiger partial charge in [-0.15, -0.1) is 0 Å². The second-order valence-corrected chi connectivity index (χ2v) is 6.07. The maximum absolute atomic E-state index is 12.7. The first-order valence-electron chi connectivity index (χ1n) is 8.80. The highest BCUT2D eigenvalue weighted by molar-refractivity contribution is 5.99. The smallest absolute Gasteiger partial charge is 0.262 e. The van der Waals surface area contributed by atoms with Crippen molar-refractivity contribution in [1.29, 1.82) is 0 Å². The van der Waals surface area contributed by atoms with Gasteiger partial charge in [0, 0.05) is 7.05 Å². The van der Waals surface area contributed by atoms with Crippen LogP contribution >= 0.6 is 0 Å². The van der Waals surface area contributed by atoms with E-state index in [-0.39, 0.29) is 31.5 Å². The maximum atomic E-state index is 12.7. The lowest BCUT2D eigenvalue weighted by molar-refractivity contribution is -0.129. The van der Waals surface area contributed by atoms with E-state index < -0.39 is 12.0 Å². The Bertz CT molecular complexity index is 856. The normalized spacial score (nSPS) is 15.0. The molecule has 0 spiro atoms. The number of carbonyl (C=O) groups is 3. The minimum atomic E-state index is -0.819. The van der Waals surface area contributed by atoms with Gasteiger partial charge >= 0.3 is 0 Å². The van der Waals surface area contributed by atoms with E-state index in [1.54, 1.807) is 48.5 Å². The highest BCUT2D eigenvalue weighted by Gasteiger charge is 2.33. The zero-order chi connectivity index (χ0) is 19.9. The molecule has 1 heterocycles. The van der Waals surface area contributed by atoms with Gasteiger partial charge < -0.3 is 25.0 Å². The molecule has 0 aromatic heterocycles. The third-order valence-corrected chi connectivity index (χ3v) is 4.16. The third kappa shape index (κ3) is 4.59. The molecule has 2 N–H and O–H groups in total. The number of anilines is 1. The van der Waals surface area contributed by atoms with E-state index in [0.29, 0.717) is 17.2 Å². The fourth-order valence-electron chi connectivity index (χ4n) is 2.75. The van der Waals surface area contributed by atoms with Crippen LogP contribution in [0.3, 0.4) is 0 Å². The van der Waals surface area contributed by atoms with E-state index >= 15 is 0 Å². The molecule has 8 nitrogen and oxygen atoms in total. The van der Waals surface area contributed by atoms with E-state index in [1.807, 2.05) is 6.07 Å². The van der Waals surface area contributed by atoms with Crippen LogP contribution in [0.5, 0.6) is 11.5 Å². The van der Waals surface area contributed by atoms with Crippen molar-refractivity contribution in [2.45, 2.75) is 6.10 Å². The van der Waals surface area contributed by atoms with Gasteiger partial charge in [0.2, 0.25) is 5.91 Å². The van der Waals surface area contributed by atoms with Gasteiger partial charge in [-0.1, -0.05) is 30.3 Å². The average Bonchev–Trinajstić information content (AvgIpc) is 2.75. The molecule has 0 bridgehead atoms. The van der Waals surface area contributed by atoms with Crippen molar-refractivity contribution in [3.05, 3.63) is 54.6 Å². The van der Waals surface area contributed by atoms with Gasteiger partial charge in [0.15, 0.2) is 12.7 Å². The second kappa shape index (κ2) is 8.90. The largest absolute Gasteiger partial charge is 0.484 e. The summed E-state index contributed by atoms with van der Waals surface area (Å²) in [6.07, 6.45) is -0.819. The predicted molar refractivity (Wildman–Crippen MR) is 102 cm³/mol. The number of ether oxygens (including phenoxy) is 2. The monoisotopic (exact) mass is 383 g/mol. The highest BCUT2D eigenvalue weighted by Crippen LogP contribution is 2.33. The molecule has 0 saturated heterocycles. The molecule has 3 rings (SSSR count). The third-order valence-electron chi connectivity index (χ3n) is 4.16. The minimum absolute atomic E-state index is 0.0614. The molecule has 3 amide bonds. The molecule has 8 heteroatoms. The quantitative estimate of drug-likeness (QED) is 0.766. The van der Waals surface area contributed by atoms with E-state index in [0.717, 1.165) is 0 Å². The number of nitrogens with zero attached hydrogens (tertiary/aromatic N) is 1. The van der Waals surface area contributed by atoms with E-state index in [4.69, 9.17) is 9.47 Å². The summed E-state index contributed by atoms with van der Waals surface area (Å²) in [4.78, 5) is 38.1. The summed E-state index contributed by atoms with van der Waals surface area (Å²) in [5, 5.41) is 5.06. The topological polar surface area (TPSA) is 97.0 Å². The molecule has 0 fully saturated rings. The van der Waals surface area contributed by atoms with Gasteiger partial charge in [-0.2, -0.15) is 0 Å². The molecule has 28 heavy (non-hydrogen) atoms. The number of rotatable bonds is 6. The lowest BCUT2D eigenvalue weighted by Gasteiger charge is -2.34. The summed E-state index contributed by atoms with van der Waals surface area (Å²) in [6, 6.07) is 15.9. The van der Waals surface area contributed by atoms with Crippen LogP contribution in [0.2, 0.25) is 0 Å². The van der Waals surface area contributed by atoms with Gasteiger partial charge in [-0.05, 0) is 24.3 Å². The first-order chi connectivity index (χ1) is 13.6. The first-order valence-corrected chi connectivity index (χ1v) is 8.80. The standard InChI is InChI=1S/C20H21N3O5/c1-21-20(26)17-12-23(15-9-5-6-10-16(15)28-17)19(25)11-22-18(24)13-27-14-7-3-2-4-8-14/h2-10,17H,11-13H2,1H3,(H,21,26)(H,22,24)/t17-/m1/s1. The summed E-state index contributed by atoms with van der Waals surface area (Å²) in [5.41, 5.74) is 0.558. The summed E-state index contributed by atoms with van der Waals surface area (Å²) >= 11 is 0. The lowest BCUT2D eigenvalue weighted by atomic mass is 10.1. The van der Waals surface area contributed by atoms with Crippen LogP contribution in [0, 0.1) is 0 Å². The Kier molecular flexibility index (Phi) is 6.11. The van der Waals surface area contributed by atoms with Crippen LogP contribution in [0.4, 0.5) is 5.69 Å². The van der Waals surface area contributed by atoms with Gasteiger partial charge in [-0.3, -0.25) is 14.4 Å². The lowest BCUT2D eigenvalue weighted by Crippen LogP contribution is -2.52. The van der Waals surface area contributed by atoms with Gasteiger partial charge in [0.1, 0.15) is 11.5 Å². The molecule has 1 aliphatic heterocycles. The average molecular weight is 383 g/mol.